The standard InChI is InChI=1S/C16H16F4N4O/c17-10-1-4-12(18)13(7-10)22-15(25)9-23(11-2-3-11)8-14-21-5-6-24(14)16(19)20/h1,4-7,11,16H,2-3,8-9H2,(H,22,25). The van der Waals surface area contributed by atoms with E-state index in [0.29, 0.717) is 0 Å². The fourth-order valence-corrected chi connectivity index (χ4v) is 2.55. The molecular formula is C16H16F4N4O. The van der Waals surface area contributed by atoms with Crippen LogP contribution in [0.5, 0.6) is 0 Å². The second kappa shape index (κ2) is 7.22. The van der Waals surface area contributed by atoms with Crippen LogP contribution in [0.4, 0.5) is 23.2 Å². The maximum atomic E-state index is 13.6. The predicted molar refractivity (Wildman–Crippen MR) is 81.9 cm³/mol. The summed E-state index contributed by atoms with van der Waals surface area (Å²) in [6.07, 6.45) is 4.13. The molecule has 134 valence electrons. The van der Waals surface area contributed by atoms with Gasteiger partial charge in [-0.1, -0.05) is 0 Å². The Hall–Kier alpha value is -2.42. The van der Waals surface area contributed by atoms with Gasteiger partial charge in [0.25, 0.3) is 0 Å². The van der Waals surface area contributed by atoms with Gasteiger partial charge in [-0.25, -0.2) is 13.8 Å². The van der Waals surface area contributed by atoms with Crippen LogP contribution in [0.25, 0.3) is 0 Å². The van der Waals surface area contributed by atoms with E-state index < -0.39 is 24.1 Å². The first kappa shape index (κ1) is 17.4. The van der Waals surface area contributed by atoms with Crippen LogP contribution in [-0.2, 0) is 11.3 Å². The molecule has 1 N–H and O–H groups in total. The van der Waals surface area contributed by atoms with Crippen molar-refractivity contribution >= 4 is 11.6 Å². The van der Waals surface area contributed by atoms with E-state index >= 15 is 0 Å². The molecule has 0 radical (unpaired) electrons. The Kier molecular flexibility index (Phi) is 5.03. The number of nitrogens with zero attached hydrogens (tertiary/aromatic N) is 3. The quantitative estimate of drug-likeness (QED) is 0.776. The van der Waals surface area contributed by atoms with E-state index in [1.54, 1.807) is 4.90 Å². The summed E-state index contributed by atoms with van der Waals surface area (Å²) in [5, 5.41) is 2.31. The lowest BCUT2D eigenvalue weighted by Gasteiger charge is -2.21. The molecule has 9 heteroatoms. The van der Waals surface area contributed by atoms with Crippen LogP contribution in [0.2, 0.25) is 0 Å². The molecule has 0 bridgehead atoms. The number of imidazole rings is 1. The number of anilines is 1. The van der Waals surface area contributed by atoms with Crippen LogP contribution in [0.1, 0.15) is 25.2 Å². The lowest BCUT2D eigenvalue weighted by atomic mass is 10.3. The van der Waals surface area contributed by atoms with E-state index in [0.717, 1.165) is 35.6 Å². The van der Waals surface area contributed by atoms with Gasteiger partial charge < -0.3 is 5.32 Å². The average molecular weight is 356 g/mol. The van der Waals surface area contributed by atoms with Gasteiger partial charge >= 0.3 is 6.55 Å². The van der Waals surface area contributed by atoms with Crippen LogP contribution < -0.4 is 5.32 Å². The topological polar surface area (TPSA) is 50.2 Å². The van der Waals surface area contributed by atoms with E-state index in [1.165, 1.54) is 12.4 Å². The average Bonchev–Trinajstić information content (AvgIpc) is 3.29. The number of amides is 1. The van der Waals surface area contributed by atoms with Gasteiger partial charge in [0.2, 0.25) is 5.91 Å². The van der Waals surface area contributed by atoms with Crippen molar-refractivity contribution in [2.45, 2.75) is 32.0 Å². The molecule has 0 spiro atoms. The highest BCUT2D eigenvalue weighted by molar-refractivity contribution is 5.92. The molecule has 1 aromatic heterocycles. The smallest absolute Gasteiger partial charge is 0.319 e. The summed E-state index contributed by atoms with van der Waals surface area (Å²) < 4.78 is 53.3. The molecule has 1 aliphatic carbocycles. The van der Waals surface area contributed by atoms with Gasteiger partial charge in [-0.2, -0.15) is 8.78 Å². The Morgan fingerprint density at radius 2 is 2.12 bits per heavy atom. The SMILES string of the molecule is O=C(CN(Cc1nccn1C(F)F)C1CC1)Nc1cc(F)ccc1F. The predicted octanol–water partition coefficient (Wildman–Crippen LogP) is 3.16. The van der Waals surface area contributed by atoms with Crippen LogP contribution in [0.3, 0.4) is 0 Å². The molecule has 1 heterocycles. The van der Waals surface area contributed by atoms with Gasteiger partial charge in [0.15, 0.2) is 0 Å². The van der Waals surface area contributed by atoms with Gasteiger partial charge in [-0.15, -0.1) is 0 Å². The number of rotatable bonds is 7. The molecule has 0 aliphatic heterocycles. The van der Waals surface area contributed by atoms with Gasteiger partial charge in [0, 0.05) is 24.5 Å². The Labute approximate surface area is 141 Å². The fraction of sp³-hybridized carbons (Fsp3) is 0.375. The van der Waals surface area contributed by atoms with Gasteiger partial charge in [0.05, 0.1) is 18.8 Å². The van der Waals surface area contributed by atoms with E-state index in [2.05, 4.69) is 10.3 Å². The van der Waals surface area contributed by atoms with E-state index in [9.17, 15) is 22.4 Å². The number of halogens is 4. The molecule has 0 unspecified atom stereocenters. The minimum atomic E-state index is -2.71. The third-order valence-corrected chi connectivity index (χ3v) is 3.92. The summed E-state index contributed by atoms with van der Waals surface area (Å²) in [5.74, 6) is -1.83. The van der Waals surface area contributed by atoms with E-state index in [1.807, 2.05) is 0 Å². The normalized spacial score (nSPS) is 14.3. The summed E-state index contributed by atoms with van der Waals surface area (Å²) in [6.45, 7) is -2.77. The molecule has 25 heavy (non-hydrogen) atoms. The molecule has 1 saturated carbocycles. The van der Waals surface area contributed by atoms with Gasteiger partial charge in [0.1, 0.15) is 17.5 Å². The number of alkyl halides is 2. The van der Waals surface area contributed by atoms with Crippen molar-refractivity contribution in [3.63, 3.8) is 0 Å². The number of carbonyl (C=O) groups excluding carboxylic acids is 1. The Morgan fingerprint density at radius 3 is 2.80 bits per heavy atom. The number of nitrogens with one attached hydrogen (secondary N) is 1. The number of hydrogen-bond donors (Lipinski definition) is 1. The van der Waals surface area contributed by atoms with Crippen molar-refractivity contribution < 1.29 is 22.4 Å². The molecule has 1 fully saturated rings. The second-order valence-corrected chi connectivity index (χ2v) is 5.84. The molecule has 2 aromatic rings. The Bertz CT molecular complexity index is 760. The van der Waals surface area contributed by atoms with Crippen molar-refractivity contribution in [1.82, 2.24) is 14.5 Å². The highest BCUT2D eigenvalue weighted by atomic mass is 19.3. The van der Waals surface area contributed by atoms with Crippen molar-refractivity contribution in [2.75, 3.05) is 11.9 Å². The first-order valence-corrected chi connectivity index (χ1v) is 7.73. The van der Waals surface area contributed by atoms with Crippen molar-refractivity contribution in [1.29, 1.82) is 0 Å². The number of hydrogen-bond acceptors (Lipinski definition) is 3. The molecule has 5 nitrogen and oxygen atoms in total. The monoisotopic (exact) mass is 356 g/mol. The summed E-state index contributed by atoms with van der Waals surface area (Å²) in [6, 6.07) is 2.85. The third kappa shape index (κ3) is 4.36. The van der Waals surface area contributed by atoms with Crippen LogP contribution in [-0.4, -0.2) is 32.9 Å². The summed E-state index contributed by atoms with van der Waals surface area (Å²) >= 11 is 0. The number of benzene rings is 1. The zero-order valence-corrected chi connectivity index (χ0v) is 13.1. The van der Waals surface area contributed by atoms with Crippen LogP contribution in [0, 0.1) is 11.6 Å². The lowest BCUT2D eigenvalue weighted by molar-refractivity contribution is -0.117. The number of carbonyl (C=O) groups is 1. The van der Waals surface area contributed by atoms with Crippen molar-refractivity contribution in [3.05, 3.63) is 48.1 Å². The minimum absolute atomic E-state index is 0.0705. The minimum Gasteiger partial charge on any atom is -0.322 e. The van der Waals surface area contributed by atoms with Crippen molar-refractivity contribution in [3.8, 4) is 0 Å². The third-order valence-electron chi connectivity index (χ3n) is 3.92. The molecule has 1 aromatic carbocycles. The highest BCUT2D eigenvalue weighted by Crippen LogP contribution is 2.28. The highest BCUT2D eigenvalue weighted by Gasteiger charge is 2.31. The lowest BCUT2D eigenvalue weighted by Crippen LogP contribution is -2.35. The first-order chi connectivity index (χ1) is 11.9. The fourth-order valence-electron chi connectivity index (χ4n) is 2.55. The summed E-state index contributed by atoms with van der Waals surface area (Å²) in [4.78, 5) is 17.8. The van der Waals surface area contributed by atoms with E-state index in [-0.39, 0.29) is 30.6 Å². The summed E-state index contributed by atoms with van der Waals surface area (Å²) in [7, 11) is 0. The largest absolute Gasteiger partial charge is 0.322 e. The first-order valence-electron chi connectivity index (χ1n) is 7.73. The zero-order chi connectivity index (χ0) is 18.0. The molecule has 1 aliphatic rings. The summed E-state index contributed by atoms with van der Waals surface area (Å²) in [5.41, 5.74) is -0.255. The molecule has 0 saturated heterocycles. The van der Waals surface area contributed by atoms with Crippen LogP contribution in [0.15, 0.2) is 30.6 Å². The second-order valence-electron chi connectivity index (χ2n) is 5.84. The maximum Gasteiger partial charge on any atom is 0.319 e. The maximum absolute atomic E-state index is 13.6. The van der Waals surface area contributed by atoms with Gasteiger partial charge in [-0.05, 0) is 25.0 Å². The molecule has 1 amide bonds. The van der Waals surface area contributed by atoms with Crippen LogP contribution >= 0.6 is 0 Å². The van der Waals surface area contributed by atoms with Gasteiger partial charge in [-0.3, -0.25) is 14.3 Å². The Morgan fingerprint density at radius 1 is 1.36 bits per heavy atom. The van der Waals surface area contributed by atoms with E-state index in [4.69, 9.17) is 0 Å². The molecular weight excluding hydrogens is 340 g/mol. The number of aromatic nitrogens is 2. The molecule has 3 rings (SSSR count). The Balaban J connectivity index is 1.66. The molecule has 0 atom stereocenters. The zero-order valence-electron chi connectivity index (χ0n) is 13.1. The van der Waals surface area contributed by atoms with Crippen molar-refractivity contribution in [2.24, 2.45) is 0 Å².